The number of benzene rings is 3. The van der Waals surface area contributed by atoms with Crippen molar-refractivity contribution in [3.63, 3.8) is 0 Å². The Morgan fingerprint density at radius 3 is 2.13 bits per heavy atom. The third-order valence-corrected chi connectivity index (χ3v) is 5.19. The van der Waals surface area contributed by atoms with E-state index in [0.29, 0.717) is 11.3 Å². The Hall–Kier alpha value is -3.79. The van der Waals surface area contributed by atoms with E-state index in [2.05, 4.69) is 30.9 Å². The first-order valence-corrected chi connectivity index (χ1v) is 10.5. The van der Waals surface area contributed by atoms with Gasteiger partial charge in [0.25, 0.3) is 0 Å². The first kappa shape index (κ1) is 20.5. The second-order valence-electron chi connectivity index (χ2n) is 7.20. The quantitative estimate of drug-likeness (QED) is 0.337. The second-order valence-corrected chi connectivity index (χ2v) is 7.20. The van der Waals surface area contributed by atoms with E-state index in [4.69, 9.17) is 9.47 Å². The molecule has 0 aromatic heterocycles. The highest BCUT2D eigenvalue weighted by molar-refractivity contribution is 6.05. The number of ether oxygens (including phenoxy) is 2. The smallest absolute Gasteiger partial charge is 0.343 e. The Morgan fingerprint density at radius 2 is 1.48 bits per heavy atom. The van der Waals surface area contributed by atoms with Crippen LogP contribution in [0.15, 0.2) is 90.5 Å². The molecule has 0 amide bonds. The molecule has 4 nitrogen and oxygen atoms in total. The van der Waals surface area contributed by atoms with Gasteiger partial charge in [-0.1, -0.05) is 30.3 Å². The topological polar surface area (TPSA) is 38.8 Å². The number of esters is 1. The summed E-state index contributed by atoms with van der Waals surface area (Å²) < 4.78 is 11.3. The van der Waals surface area contributed by atoms with Crippen molar-refractivity contribution >= 4 is 23.5 Å². The molecule has 1 heterocycles. The minimum absolute atomic E-state index is 0.340. The summed E-state index contributed by atoms with van der Waals surface area (Å²) >= 11 is 0. The van der Waals surface area contributed by atoms with Gasteiger partial charge in [0.15, 0.2) is 0 Å². The minimum Gasteiger partial charge on any atom is -0.457 e. The Labute approximate surface area is 183 Å². The van der Waals surface area contributed by atoms with Crippen molar-refractivity contribution in [3.8, 4) is 11.5 Å². The van der Waals surface area contributed by atoms with Gasteiger partial charge in [-0.15, -0.1) is 0 Å². The molecule has 3 aromatic carbocycles. The third-order valence-electron chi connectivity index (χ3n) is 5.19. The van der Waals surface area contributed by atoms with Crippen molar-refractivity contribution < 1.29 is 14.3 Å². The first-order valence-electron chi connectivity index (χ1n) is 10.5. The summed E-state index contributed by atoms with van der Waals surface area (Å²) in [6, 6.07) is 25.3. The molecule has 156 valence electrons. The Bertz CT molecular complexity index is 1090. The van der Waals surface area contributed by atoms with E-state index in [9.17, 15) is 4.79 Å². The van der Waals surface area contributed by atoms with E-state index in [-0.39, 0.29) is 5.97 Å². The summed E-state index contributed by atoms with van der Waals surface area (Å²) in [6.07, 6.45) is 3.64. The lowest BCUT2D eigenvalue weighted by Crippen LogP contribution is -2.21. The molecule has 0 saturated heterocycles. The lowest BCUT2D eigenvalue weighted by Gasteiger charge is -2.20. The van der Waals surface area contributed by atoms with Gasteiger partial charge in [0.05, 0.1) is 5.57 Å². The van der Waals surface area contributed by atoms with E-state index in [1.165, 1.54) is 5.69 Å². The maximum atomic E-state index is 12.4. The number of para-hydroxylation sites is 1. The van der Waals surface area contributed by atoms with Gasteiger partial charge >= 0.3 is 5.97 Å². The predicted octanol–water partition coefficient (Wildman–Crippen LogP) is 6.31. The molecule has 0 spiro atoms. The van der Waals surface area contributed by atoms with Crippen LogP contribution in [-0.2, 0) is 9.53 Å². The number of carbonyl (C=O) groups excluding carboxylic acids is 1. The molecule has 0 radical (unpaired) electrons. The molecule has 0 aliphatic carbocycles. The van der Waals surface area contributed by atoms with Gasteiger partial charge in [0.2, 0.25) is 0 Å². The van der Waals surface area contributed by atoms with Crippen molar-refractivity contribution in [2.45, 2.75) is 13.8 Å². The highest BCUT2D eigenvalue weighted by atomic mass is 16.5. The van der Waals surface area contributed by atoms with Crippen molar-refractivity contribution in [1.29, 1.82) is 0 Å². The maximum absolute atomic E-state index is 12.4. The normalized spacial score (nSPS) is 14.3. The van der Waals surface area contributed by atoms with Crippen molar-refractivity contribution in [1.82, 2.24) is 0 Å². The van der Waals surface area contributed by atoms with Gasteiger partial charge < -0.3 is 14.4 Å². The van der Waals surface area contributed by atoms with Crippen molar-refractivity contribution in [2.75, 3.05) is 18.0 Å². The second kappa shape index (κ2) is 9.35. The van der Waals surface area contributed by atoms with E-state index in [1.54, 1.807) is 6.08 Å². The van der Waals surface area contributed by atoms with Crippen LogP contribution < -0.4 is 9.64 Å². The first-order chi connectivity index (χ1) is 15.2. The fourth-order valence-corrected chi connectivity index (χ4v) is 3.49. The van der Waals surface area contributed by atoms with Crippen LogP contribution in [0.2, 0.25) is 0 Å². The van der Waals surface area contributed by atoms with Crippen LogP contribution in [0.5, 0.6) is 11.5 Å². The number of carbonyl (C=O) groups is 1. The van der Waals surface area contributed by atoms with Gasteiger partial charge in [0.1, 0.15) is 17.3 Å². The van der Waals surface area contributed by atoms with Crippen molar-refractivity contribution in [2.24, 2.45) is 0 Å². The summed E-state index contributed by atoms with van der Waals surface area (Å²) in [5, 5.41) is 0. The molecule has 0 fully saturated rings. The molecule has 1 aliphatic heterocycles. The standard InChI is InChI=1S/C27H25NO3/c1-3-28(4-2)23-14-10-20(11-15-23)18-22-19-26(31-27(22)29)21-12-16-25(17-13-21)30-24-8-6-5-7-9-24/h5-19H,3-4H2,1-2H3/b22-18+. The summed E-state index contributed by atoms with van der Waals surface area (Å²) in [5.41, 5.74) is 3.51. The van der Waals surface area contributed by atoms with Crippen molar-refractivity contribution in [3.05, 3.63) is 102 Å². The highest BCUT2D eigenvalue weighted by Gasteiger charge is 2.22. The zero-order chi connectivity index (χ0) is 21.6. The summed E-state index contributed by atoms with van der Waals surface area (Å²) in [7, 11) is 0. The number of hydrogen-bond acceptors (Lipinski definition) is 4. The largest absolute Gasteiger partial charge is 0.457 e. The number of rotatable bonds is 7. The maximum Gasteiger partial charge on any atom is 0.343 e. The molecule has 0 bridgehead atoms. The molecule has 3 aromatic rings. The SMILES string of the molecule is CCN(CC)c1ccc(/C=C2\C=C(c3ccc(Oc4ccccc4)cc3)OC2=O)cc1. The lowest BCUT2D eigenvalue weighted by molar-refractivity contribution is -0.130. The average Bonchev–Trinajstić information content (AvgIpc) is 3.17. The summed E-state index contributed by atoms with van der Waals surface area (Å²) in [6.45, 7) is 6.20. The van der Waals surface area contributed by atoms with E-state index in [1.807, 2.05) is 72.8 Å². The zero-order valence-electron chi connectivity index (χ0n) is 17.7. The number of anilines is 1. The van der Waals surface area contributed by atoms with Crippen LogP contribution in [0.3, 0.4) is 0 Å². The van der Waals surface area contributed by atoms with Gasteiger partial charge in [-0.25, -0.2) is 4.79 Å². The average molecular weight is 412 g/mol. The van der Waals surface area contributed by atoms with E-state index in [0.717, 1.165) is 35.7 Å². The van der Waals surface area contributed by atoms with Crippen LogP contribution in [-0.4, -0.2) is 19.1 Å². The number of hydrogen-bond donors (Lipinski definition) is 0. The highest BCUT2D eigenvalue weighted by Crippen LogP contribution is 2.30. The van der Waals surface area contributed by atoms with E-state index < -0.39 is 0 Å². The fourth-order valence-electron chi connectivity index (χ4n) is 3.49. The molecule has 1 aliphatic rings. The van der Waals surface area contributed by atoms with Crippen LogP contribution in [0, 0.1) is 0 Å². The van der Waals surface area contributed by atoms with Crippen LogP contribution >= 0.6 is 0 Å². The van der Waals surface area contributed by atoms with Gasteiger partial charge in [0, 0.05) is 24.3 Å². The Morgan fingerprint density at radius 1 is 0.839 bits per heavy atom. The Balaban J connectivity index is 1.49. The molecule has 0 N–H and O–H groups in total. The molecule has 0 saturated carbocycles. The molecule has 0 atom stereocenters. The number of cyclic esters (lactones) is 1. The molecular formula is C27H25NO3. The Kier molecular flexibility index (Phi) is 6.18. The monoisotopic (exact) mass is 411 g/mol. The number of nitrogens with zero attached hydrogens (tertiary/aromatic N) is 1. The summed E-state index contributed by atoms with van der Waals surface area (Å²) in [5.74, 6) is 1.71. The van der Waals surface area contributed by atoms with Gasteiger partial charge in [-0.05, 0) is 80.1 Å². The molecule has 0 unspecified atom stereocenters. The summed E-state index contributed by atoms with van der Waals surface area (Å²) in [4.78, 5) is 14.6. The lowest BCUT2D eigenvalue weighted by atomic mass is 10.1. The predicted molar refractivity (Wildman–Crippen MR) is 125 cm³/mol. The van der Waals surface area contributed by atoms with Gasteiger partial charge in [-0.2, -0.15) is 0 Å². The molecule has 4 heteroatoms. The molecule has 31 heavy (non-hydrogen) atoms. The zero-order valence-corrected chi connectivity index (χ0v) is 17.7. The van der Waals surface area contributed by atoms with Crippen LogP contribution in [0.25, 0.3) is 11.8 Å². The fraction of sp³-hybridized carbons (Fsp3) is 0.148. The minimum atomic E-state index is -0.340. The van der Waals surface area contributed by atoms with Crippen LogP contribution in [0.4, 0.5) is 5.69 Å². The van der Waals surface area contributed by atoms with Gasteiger partial charge in [-0.3, -0.25) is 0 Å². The molecular weight excluding hydrogens is 386 g/mol. The molecule has 4 rings (SSSR count). The third kappa shape index (κ3) is 4.86. The van der Waals surface area contributed by atoms with Crippen LogP contribution in [0.1, 0.15) is 25.0 Å². The van der Waals surface area contributed by atoms with E-state index >= 15 is 0 Å².